The minimum Gasteiger partial charge on any atom is -0.489 e. The van der Waals surface area contributed by atoms with Crippen LogP contribution < -0.4 is 9.47 Å². The van der Waals surface area contributed by atoms with Gasteiger partial charge < -0.3 is 9.47 Å². The zero-order valence-corrected chi connectivity index (χ0v) is 15.1. The van der Waals surface area contributed by atoms with Gasteiger partial charge in [-0.15, -0.1) is 0 Å². The van der Waals surface area contributed by atoms with Crippen LogP contribution >= 0.6 is 0 Å². The number of carbonyl (C=O) groups is 1. The average Bonchev–Trinajstić information content (AvgIpc) is 2.67. The number of aldehydes is 1. The third kappa shape index (κ3) is 4.73. The third-order valence-electron chi connectivity index (χ3n) is 4.15. The molecule has 0 saturated carbocycles. The van der Waals surface area contributed by atoms with Crippen molar-refractivity contribution in [3.05, 3.63) is 94.5 Å². The van der Waals surface area contributed by atoms with Crippen LogP contribution in [0, 0.1) is 13.8 Å². The largest absolute Gasteiger partial charge is 0.489 e. The van der Waals surface area contributed by atoms with Crippen LogP contribution in [0.2, 0.25) is 0 Å². The minimum absolute atomic E-state index is 0.421. The van der Waals surface area contributed by atoms with Crippen molar-refractivity contribution in [3.8, 4) is 11.5 Å². The van der Waals surface area contributed by atoms with Gasteiger partial charge in [0, 0.05) is 0 Å². The molecule has 3 nitrogen and oxygen atoms in total. The molecule has 0 unspecified atom stereocenters. The van der Waals surface area contributed by atoms with E-state index < -0.39 is 0 Å². The SMILES string of the molecule is Cc1ccc(COc2ccc(OCc3ccc(C)cc3)c(C=O)c2)cc1. The summed E-state index contributed by atoms with van der Waals surface area (Å²) in [5.41, 5.74) is 5.05. The molecule has 0 amide bonds. The molecular weight excluding hydrogens is 324 g/mol. The molecule has 0 aliphatic carbocycles. The quantitative estimate of drug-likeness (QED) is 0.546. The average molecular weight is 346 g/mol. The van der Waals surface area contributed by atoms with Gasteiger partial charge >= 0.3 is 0 Å². The molecule has 26 heavy (non-hydrogen) atoms. The molecule has 0 aromatic heterocycles. The lowest BCUT2D eigenvalue weighted by atomic mass is 10.1. The maximum absolute atomic E-state index is 11.4. The number of hydrogen-bond donors (Lipinski definition) is 0. The Morgan fingerprint density at radius 1 is 0.731 bits per heavy atom. The van der Waals surface area contributed by atoms with Gasteiger partial charge in [-0.3, -0.25) is 4.79 Å². The summed E-state index contributed by atoms with van der Waals surface area (Å²) in [7, 11) is 0. The van der Waals surface area contributed by atoms with E-state index >= 15 is 0 Å². The van der Waals surface area contributed by atoms with Gasteiger partial charge in [0.1, 0.15) is 24.7 Å². The van der Waals surface area contributed by atoms with E-state index in [0.717, 1.165) is 17.4 Å². The third-order valence-corrected chi connectivity index (χ3v) is 4.15. The Morgan fingerprint density at radius 3 is 1.81 bits per heavy atom. The second-order valence-corrected chi connectivity index (χ2v) is 6.37. The molecule has 0 atom stereocenters. The summed E-state index contributed by atoms with van der Waals surface area (Å²) in [6.07, 6.45) is 0.795. The highest BCUT2D eigenvalue weighted by atomic mass is 16.5. The minimum atomic E-state index is 0.421. The van der Waals surface area contributed by atoms with Gasteiger partial charge in [-0.2, -0.15) is 0 Å². The predicted octanol–water partition coefficient (Wildman–Crippen LogP) is 5.27. The van der Waals surface area contributed by atoms with Gasteiger partial charge in [-0.1, -0.05) is 59.7 Å². The highest BCUT2D eigenvalue weighted by molar-refractivity contribution is 5.80. The molecular formula is C23H22O3. The Bertz CT molecular complexity index is 865. The van der Waals surface area contributed by atoms with Crippen LogP contribution in [-0.4, -0.2) is 6.29 Å². The molecule has 3 aromatic rings. The lowest BCUT2D eigenvalue weighted by molar-refractivity contribution is 0.111. The zero-order chi connectivity index (χ0) is 18.4. The summed E-state index contributed by atoms with van der Waals surface area (Å²) < 4.78 is 11.6. The highest BCUT2D eigenvalue weighted by Gasteiger charge is 2.06. The second-order valence-electron chi connectivity index (χ2n) is 6.37. The molecule has 132 valence electrons. The Balaban J connectivity index is 1.64. The summed E-state index contributed by atoms with van der Waals surface area (Å²) in [5, 5.41) is 0. The first kappa shape index (κ1) is 17.7. The van der Waals surface area contributed by atoms with Crippen molar-refractivity contribution in [2.45, 2.75) is 27.1 Å². The molecule has 0 heterocycles. The van der Waals surface area contributed by atoms with Crippen molar-refractivity contribution in [2.75, 3.05) is 0 Å². The first-order chi connectivity index (χ1) is 12.6. The lowest BCUT2D eigenvalue weighted by Crippen LogP contribution is -2.00. The van der Waals surface area contributed by atoms with Gasteiger partial charge in [0.05, 0.1) is 5.56 Å². The zero-order valence-electron chi connectivity index (χ0n) is 15.1. The van der Waals surface area contributed by atoms with Crippen LogP contribution in [0.4, 0.5) is 0 Å². The van der Waals surface area contributed by atoms with E-state index in [-0.39, 0.29) is 0 Å². The van der Waals surface area contributed by atoms with Crippen LogP contribution in [0.15, 0.2) is 66.7 Å². The van der Waals surface area contributed by atoms with Gasteiger partial charge in [0.15, 0.2) is 6.29 Å². The fraction of sp³-hybridized carbons (Fsp3) is 0.174. The number of aryl methyl sites for hydroxylation is 2. The summed E-state index contributed by atoms with van der Waals surface area (Å²) in [4.78, 5) is 11.4. The first-order valence-corrected chi connectivity index (χ1v) is 8.60. The van der Waals surface area contributed by atoms with Crippen LogP contribution in [-0.2, 0) is 13.2 Å². The molecule has 0 N–H and O–H groups in total. The Hall–Kier alpha value is -3.07. The molecule has 0 fully saturated rings. The van der Waals surface area contributed by atoms with E-state index in [4.69, 9.17) is 9.47 Å². The smallest absolute Gasteiger partial charge is 0.153 e. The summed E-state index contributed by atoms with van der Waals surface area (Å²) in [6.45, 7) is 4.98. The fourth-order valence-corrected chi connectivity index (χ4v) is 2.54. The number of benzene rings is 3. The highest BCUT2D eigenvalue weighted by Crippen LogP contribution is 2.24. The van der Waals surface area contributed by atoms with E-state index in [1.165, 1.54) is 11.1 Å². The molecule has 0 spiro atoms. The first-order valence-electron chi connectivity index (χ1n) is 8.60. The Kier molecular flexibility index (Phi) is 5.69. The monoisotopic (exact) mass is 346 g/mol. The standard InChI is InChI=1S/C23H22O3/c1-17-3-7-19(8-4-17)15-25-22-11-12-23(21(13-22)14-24)26-16-20-9-5-18(2)6-10-20/h3-14H,15-16H2,1-2H3. The number of carbonyl (C=O) groups excluding carboxylic acids is 1. The molecule has 0 radical (unpaired) electrons. The lowest BCUT2D eigenvalue weighted by Gasteiger charge is -2.11. The number of rotatable bonds is 7. The topological polar surface area (TPSA) is 35.5 Å². The van der Waals surface area contributed by atoms with Crippen molar-refractivity contribution in [3.63, 3.8) is 0 Å². The molecule has 0 bridgehead atoms. The van der Waals surface area contributed by atoms with Gasteiger partial charge in [0.2, 0.25) is 0 Å². The van der Waals surface area contributed by atoms with Crippen LogP contribution in [0.3, 0.4) is 0 Å². The molecule has 0 aliphatic rings. The maximum atomic E-state index is 11.4. The van der Waals surface area contributed by atoms with E-state index in [2.05, 4.69) is 19.1 Å². The van der Waals surface area contributed by atoms with Gasteiger partial charge in [0.25, 0.3) is 0 Å². The maximum Gasteiger partial charge on any atom is 0.153 e. The molecule has 0 aliphatic heterocycles. The summed E-state index contributed by atoms with van der Waals surface area (Å²) in [6, 6.07) is 21.6. The van der Waals surface area contributed by atoms with Crippen LogP contribution in [0.5, 0.6) is 11.5 Å². The fourth-order valence-electron chi connectivity index (χ4n) is 2.54. The van der Waals surface area contributed by atoms with Crippen LogP contribution in [0.1, 0.15) is 32.6 Å². The molecule has 3 heteroatoms. The second kappa shape index (κ2) is 8.34. The number of ether oxygens (including phenoxy) is 2. The van der Waals surface area contributed by atoms with Crippen molar-refractivity contribution < 1.29 is 14.3 Å². The van der Waals surface area contributed by atoms with Crippen molar-refractivity contribution in [1.29, 1.82) is 0 Å². The van der Waals surface area contributed by atoms with Crippen molar-refractivity contribution in [2.24, 2.45) is 0 Å². The van der Waals surface area contributed by atoms with Crippen LogP contribution in [0.25, 0.3) is 0 Å². The van der Waals surface area contributed by atoms with E-state index in [1.807, 2.05) is 49.4 Å². The molecule has 0 saturated heterocycles. The van der Waals surface area contributed by atoms with Crippen molar-refractivity contribution in [1.82, 2.24) is 0 Å². The Morgan fingerprint density at radius 2 is 1.27 bits per heavy atom. The normalized spacial score (nSPS) is 10.4. The molecule has 3 aromatic carbocycles. The van der Waals surface area contributed by atoms with E-state index in [0.29, 0.717) is 30.3 Å². The molecule has 3 rings (SSSR count). The Labute approximate surface area is 154 Å². The van der Waals surface area contributed by atoms with Crippen molar-refractivity contribution >= 4 is 6.29 Å². The summed E-state index contributed by atoms with van der Waals surface area (Å²) in [5.74, 6) is 1.21. The predicted molar refractivity (Wildman–Crippen MR) is 103 cm³/mol. The number of hydrogen-bond acceptors (Lipinski definition) is 3. The van der Waals surface area contributed by atoms with E-state index in [9.17, 15) is 4.79 Å². The van der Waals surface area contributed by atoms with Gasteiger partial charge in [-0.25, -0.2) is 0 Å². The summed E-state index contributed by atoms with van der Waals surface area (Å²) >= 11 is 0. The van der Waals surface area contributed by atoms with E-state index in [1.54, 1.807) is 12.1 Å². The van der Waals surface area contributed by atoms with Gasteiger partial charge in [-0.05, 0) is 43.2 Å².